The van der Waals surface area contributed by atoms with Crippen LogP contribution < -0.4 is 105 Å². The van der Waals surface area contributed by atoms with E-state index in [2.05, 4.69) is 488 Å². The van der Waals surface area contributed by atoms with E-state index in [1.165, 1.54) is 161 Å². The molecule has 8 aliphatic heterocycles. The van der Waals surface area contributed by atoms with Gasteiger partial charge in [0.15, 0.2) is 0 Å². The van der Waals surface area contributed by atoms with E-state index in [1.54, 1.807) is 0 Å². The molecule has 0 N–H and O–H groups in total. The Morgan fingerprint density at radius 1 is 0.125 bits per heavy atom. The Morgan fingerprint density at radius 2 is 0.375 bits per heavy atom. The van der Waals surface area contributed by atoms with Crippen LogP contribution in [0.25, 0.3) is 32.7 Å². The van der Waals surface area contributed by atoms with Gasteiger partial charge in [0.2, 0.25) is 0 Å². The highest BCUT2D eigenvalue weighted by Gasteiger charge is 2.50. The van der Waals surface area contributed by atoms with Crippen LogP contribution in [0.15, 0.2) is 449 Å². The van der Waals surface area contributed by atoms with Gasteiger partial charge in [-0.1, -0.05) is 255 Å². The van der Waals surface area contributed by atoms with Gasteiger partial charge in [-0.25, -0.2) is 0 Å². The fourth-order valence-electron chi connectivity index (χ4n) is 23.4. The van der Waals surface area contributed by atoms with Crippen LogP contribution in [-0.4, -0.2) is 26.9 Å². The molecule has 0 aliphatic carbocycles. The molecule has 0 fully saturated rings. The van der Waals surface area contributed by atoms with Gasteiger partial charge in [0, 0.05) is 136 Å². The number of fused-ring (bicyclic) bond motifs is 19. The van der Waals surface area contributed by atoms with Crippen LogP contribution in [0, 0.1) is 0 Å². The van der Waals surface area contributed by atoms with E-state index in [0.29, 0.717) is 0 Å². The SMILES string of the molecule is c1ccc(N2c3ccccc3B3c4cc5cc6c(cc5cc4N(c4ccccc4)c4cccc2c43)N(c2ccccc2)c2cccc3c2B6c2ccccc2N3c2cccc(-c3ccc(N4c5cccc6c5B(c5ccccc5N6c5ccccc5)c5c4ccc4cc6c(cc54)N(c4ccccc4)c4cccc5c4B6c4ccccc4N5c4ccccc4)cc3)c2)cc1. The summed E-state index contributed by atoms with van der Waals surface area (Å²) >= 11 is 0. The number of hydrogen-bond donors (Lipinski definition) is 0. The van der Waals surface area contributed by atoms with Gasteiger partial charge in [-0.05, 0) is 292 Å². The maximum Gasteiger partial charge on any atom is 0.252 e. The minimum atomic E-state index is -0.124. The molecule has 28 rings (SSSR count). The minimum Gasteiger partial charge on any atom is -0.311 e. The van der Waals surface area contributed by atoms with E-state index < -0.39 is 0 Å². The summed E-state index contributed by atoms with van der Waals surface area (Å²) in [5, 5.41) is 4.83. The van der Waals surface area contributed by atoms with Gasteiger partial charge in [0.1, 0.15) is 0 Å². The van der Waals surface area contributed by atoms with Crippen molar-refractivity contribution in [2.45, 2.75) is 0 Å². The average Bonchev–Trinajstić information content (AvgIpc) is 0.690. The van der Waals surface area contributed by atoms with Crippen molar-refractivity contribution >= 4 is 250 Å². The second kappa shape index (κ2) is 27.5. The zero-order valence-electron chi connectivity index (χ0n) is 69.6. The summed E-state index contributed by atoms with van der Waals surface area (Å²) in [6.45, 7) is -0.300. The van der Waals surface area contributed by atoms with Crippen LogP contribution >= 0.6 is 0 Å². The summed E-state index contributed by atoms with van der Waals surface area (Å²) in [5.41, 5.74) is 45.5. The zero-order chi connectivity index (χ0) is 83.5. The second-order valence-corrected chi connectivity index (χ2v) is 34.9. The molecule has 0 atom stereocenters. The largest absolute Gasteiger partial charge is 0.311 e. The summed E-state index contributed by atoms with van der Waals surface area (Å²) < 4.78 is 0. The summed E-state index contributed by atoms with van der Waals surface area (Å²) in [4.78, 5) is 20.2. The lowest BCUT2D eigenvalue weighted by Gasteiger charge is -2.45. The van der Waals surface area contributed by atoms with Crippen LogP contribution in [0.1, 0.15) is 0 Å². The van der Waals surface area contributed by atoms with E-state index in [-0.39, 0.29) is 26.9 Å². The lowest BCUT2D eigenvalue weighted by Crippen LogP contribution is -2.62. The Balaban J connectivity index is 0.589. The standard InChI is InChI=1S/C116H74B4N8/c1-7-33-80(34-8-1)121-96-50-23-19-46-89(96)117-93-69-77-64-67-108-112(88(77)74-111(93)127(85-43-17-6-18-44-85)104-58-29-55-101(121)114(104)117)120-92-49-22-26-53-99(92)123(82-37-11-3-12-38-82)106-60-31-61-107(116(106)120)124(108)86-65-62-75(63-66-86)76-32-27-45-87(68-76)128-98-52-25-21-48-91(98)119-95-71-78-70-94-109(72-79(78)73-110(95)126(84-41-15-5-16-42-84)103-57-30-59-105(128)115(103)119)125(83-39-13-4-14-40-83)102-56-28-54-100-113(102)118(94)90-47-20-24-51-97(90)122(100)81-35-9-2-10-36-81/h1-74H. The molecule has 0 bridgehead atoms. The van der Waals surface area contributed by atoms with Crippen molar-refractivity contribution in [3.05, 3.63) is 449 Å². The fraction of sp³-hybridized carbons (Fsp3) is 0. The lowest BCUT2D eigenvalue weighted by atomic mass is 9.32. The highest BCUT2D eigenvalue weighted by Crippen LogP contribution is 2.53. The predicted molar refractivity (Wildman–Crippen MR) is 543 cm³/mol. The number of nitrogens with zero attached hydrogens (tertiary/aromatic N) is 8. The molecule has 0 spiro atoms. The number of benzene rings is 20. The molecule has 0 unspecified atom stereocenters. The Hall–Kier alpha value is -16.4. The smallest absolute Gasteiger partial charge is 0.252 e. The minimum absolute atomic E-state index is 0.0360. The summed E-state index contributed by atoms with van der Waals surface area (Å²) in [6, 6.07) is 169. The van der Waals surface area contributed by atoms with Crippen LogP contribution in [0.5, 0.6) is 0 Å². The lowest BCUT2D eigenvalue weighted by molar-refractivity contribution is 1.25. The van der Waals surface area contributed by atoms with Crippen molar-refractivity contribution in [2.24, 2.45) is 0 Å². The molecule has 0 saturated carbocycles. The highest BCUT2D eigenvalue weighted by atomic mass is 15.2. The molecule has 0 amide bonds. The first kappa shape index (κ1) is 71.0. The first-order chi connectivity index (χ1) is 63.6. The molecule has 20 aromatic carbocycles. The molecule has 8 aliphatic rings. The molecule has 128 heavy (non-hydrogen) atoms. The summed E-state index contributed by atoms with van der Waals surface area (Å²) in [7, 11) is 0. The van der Waals surface area contributed by atoms with Crippen LogP contribution in [0.2, 0.25) is 0 Å². The molecule has 0 radical (unpaired) electrons. The van der Waals surface area contributed by atoms with Crippen molar-refractivity contribution in [3.63, 3.8) is 0 Å². The third-order valence-corrected chi connectivity index (χ3v) is 28.4. The van der Waals surface area contributed by atoms with Crippen molar-refractivity contribution in [1.29, 1.82) is 0 Å². The van der Waals surface area contributed by atoms with Crippen molar-refractivity contribution in [2.75, 3.05) is 39.2 Å². The molecular formula is C116H74B4N8. The maximum atomic E-state index is 2.57. The summed E-state index contributed by atoms with van der Waals surface area (Å²) in [6.07, 6.45) is 0. The maximum absolute atomic E-state index is 2.57. The monoisotopic (exact) mass is 1620 g/mol. The second-order valence-electron chi connectivity index (χ2n) is 34.9. The van der Waals surface area contributed by atoms with Gasteiger partial charge < -0.3 is 39.2 Å². The first-order valence-corrected chi connectivity index (χ1v) is 44.6. The highest BCUT2D eigenvalue weighted by molar-refractivity contribution is 7.03. The van der Waals surface area contributed by atoms with Gasteiger partial charge >= 0.3 is 0 Å². The molecule has 590 valence electrons. The Morgan fingerprint density at radius 3 is 0.742 bits per heavy atom. The van der Waals surface area contributed by atoms with Crippen molar-refractivity contribution in [1.82, 2.24) is 0 Å². The van der Waals surface area contributed by atoms with E-state index in [4.69, 9.17) is 0 Å². The van der Waals surface area contributed by atoms with E-state index in [1.807, 2.05) is 0 Å². The van der Waals surface area contributed by atoms with Crippen molar-refractivity contribution < 1.29 is 0 Å². The third-order valence-electron chi connectivity index (χ3n) is 28.4. The van der Waals surface area contributed by atoms with E-state index >= 15 is 0 Å². The Bertz CT molecular complexity index is 8050. The van der Waals surface area contributed by atoms with Gasteiger partial charge in [0.05, 0.1) is 0 Å². The quantitative estimate of drug-likeness (QED) is 0.132. The van der Waals surface area contributed by atoms with Crippen molar-refractivity contribution in [3.8, 4) is 11.1 Å². The molecule has 0 saturated heterocycles. The number of anilines is 24. The first-order valence-electron chi connectivity index (χ1n) is 44.6. The van der Waals surface area contributed by atoms with E-state index in [0.717, 1.165) is 73.7 Å². The Kier molecular flexibility index (Phi) is 15.3. The molecule has 12 heteroatoms. The van der Waals surface area contributed by atoms with Crippen LogP contribution in [0.4, 0.5) is 136 Å². The zero-order valence-corrected chi connectivity index (χ0v) is 69.6. The van der Waals surface area contributed by atoms with E-state index in [9.17, 15) is 0 Å². The Labute approximate surface area is 744 Å². The van der Waals surface area contributed by atoms with Gasteiger partial charge in [-0.3, -0.25) is 0 Å². The molecule has 8 heterocycles. The predicted octanol–water partition coefficient (Wildman–Crippen LogP) is 22.0. The summed E-state index contributed by atoms with van der Waals surface area (Å²) in [5.74, 6) is 0. The molecule has 0 aromatic heterocycles. The van der Waals surface area contributed by atoms with Gasteiger partial charge in [-0.15, -0.1) is 0 Å². The topological polar surface area (TPSA) is 25.9 Å². The number of hydrogen-bond acceptors (Lipinski definition) is 8. The third kappa shape index (κ3) is 10.2. The fourth-order valence-corrected chi connectivity index (χ4v) is 23.4. The molecule has 8 nitrogen and oxygen atoms in total. The molecule has 20 aromatic rings. The van der Waals surface area contributed by atoms with Crippen LogP contribution in [-0.2, 0) is 0 Å². The number of para-hydroxylation sites is 10. The average molecular weight is 1620 g/mol. The normalized spacial score (nSPS) is 13.9. The van der Waals surface area contributed by atoms with Gasteiger partial charge in [-0.2, -0.15) is 0 Å². The van der Waals surface area contributed by atoms with Gasteiger partial charge in [0.25, 0.3) is 26.9 Å². The molecular weight excluding hydrogens is 1550 g/mol. The number of rotatable bonds is 9. The van der Waals surface area contributed by atoms with Crippen LogP contribution in [0.3, 0.4) is 0 Å².